The second-order valence-electron chi connectivity index (χ2n) is 5.50. The highest BCUT2D eigenvalue weighted by Gasteiger charge is 2.31. The monoisotopic (exact) mass is 286 g/mol. The fourth-order valence-corrected chi connectivity index (χ4v) is 4.59. The number of benzene rings is 1. The lowest BCUT2D eigenvalue weighted by Crippen LogP contribution is -2.19. The Labute approximate surface area is 123 Å². The van der Waals surface area contributed by atoms with Gasteiger partial charge in [0.15, 0.2) is 0 Å². The summed E-state index contributed by atoms with van der Waals surface area (Å²) in [7, 11) is 2.05. The van der Waals surface area contributed by atoms with E-state index in [0.29, 0.717) is 12.0 Å². The molecule has 2 atom stereocenters. The van der Waals surface area contributed by atoms with Crippen molar-refractivity contribution in [2.24, 2.45) is 0 Å². The zero-order valence-corrected chi connectivity index (χ0v) is 12.4. The Morgan fingerprint density at radius 3 is 3.15 bits per heavy atom. The molecule has 0 spiro atoms. The molecule has 2 aliphatic rings. The van der Waals surface area contributed by atoms with E-state index in [9.17, 15) is 0 Å². The van der Waals surface area contributed by atoms with E-state index in [1.807, 2.05) is 24.5 Å². The summed E-state index contributed by atoms with van der Waals surface area (Å²) in [5.41, 5.74) is 2.60. The number of rotatable bonds is 2. The van der Waals surface area contributed by atoms with Crippen molar-refractivity contribution in [1.82, 2.24) is 10.3 Å². The summed E-state index contributed by atoms with van der Waals surface area (Å²) in [5, 5.41) is 4.65. The number of thiazole rings is 1. The predicted octanol–water partition coefficient (Wildman–Crippen LogP) is 3.26. The van der Waals surface area contributed by atoms with Crippen molar-refractivity contribution >= 4 is 11.3 Å². The van der Waals surface area contributed by atoms with E-state index in [0.717, 1.165) is 18.8 Å². The fourth-order valence-electron chi connectivity index (χ4n) is 3.23. The van der Waals surface area contributed by atoms with Crippen molar-refractivity contribution in [3.8, 4) is 5.75 Å². The van der Waals surface area contributed by atoms with Crippen LogP contribution in [0.25, 0.3) is 0 Å². The average molecular weight is 286 g/mol. The average Bonchev–Trinajstić information content (AvgIpc) is 3.10. The van der Waals surface area contributed by atoms with Gasteiger partial charge in [-0.1, -0.05) is 18.2 Å². The van der Waals surface area contributed by atoms with Gasteiger partial charge in [-0.05, 0) is 32.4 Å². The summed E-state index contributed by atoms with van der Waals surface area (Å²) in [6.45, 7) is 0.732. The first-order chi connectivity index (χ1) is 9.86. The maximum absolute atomic E-state index is 5.80. The Balaban J connectivity index is 1.73. The molecule has 0 fully saturated rings. The lowest BCUT2D eigenvalue weighted by molar-refractivity contribution is 0.343. The third kappa shape index (κ3) is 1.86. The summed E-state index contributed by atoms with van der Waals surface area (Å²) >= 11 is 1.88. The highest BCUT2D eigenvalue weighted by molar-refractivity contribution is 7.12. The maximum atomic E-state index is 5.80. The largest absolute Gasteiger partial charge is 0.492 e. The number of aromatic nitrogens is 1. The van der Waals surface area contributed by atoms with Crippen molar-refractivity contribution in [3.05, 3.63) is 45.4 Å². The standard InChI is InChI=1S/C16H18N2OS/c1-17-12-6-4-7-13-15(12)20-16(18-13)11-9-19-14-8-3-2-5-10(11)14/h2-3,5,8,11-12,17H,4,6-7,9H2,1H3. The molecule has 1 aromatic carbocycles. The first-order valence-electron chi connectivity index (χ1n) is 7.25. The van der Waals surface area contributed by atoms with E-state index < -0.39 is 0 Å². The van der Waals surface area contributed by atoms with Crippen LogP contribution in [-0.4, -0.2) is 18.6 Å². The molecule has 0 saturated carbocycles. The topological polar surface area (TPSA) is 34.2 Å². The van der Waals surface area contributed by atoms with Crippen LogP contribution < -0.4 is 10.1 Å². The third-order valence-electron chi connectivity index (χ3n) is 4.31. The first kappa shape index (κ1) is 12.4. The van der Waals surface area contributed by atoms with Crippen LogP contribution in [0.15, 0.2) is 24.3 Å². The number of ether oxygens (including phenoxy) is 1. The molecule has 20 heavy (non-hydrogen) atoms. The number of hydrogen-bond donors (Lipinski definition) is 1. The van der Waals surface area contributed by atoms with Gasteiger partial charge in [0, 0.05) is 16.5 Å². The van der Waals surface area contributed by atoms with Crippen molar-refractivity contribution in [3.63, 3.8) is 0 Å². The molecule has 2 heterocycles. The van der Waals surface area contributed by atoms with Gasteiger partial charge in [0.25, 0.3) is 0 Å². The lowest BCUT2D eigenvalue weighted by atomic mass is 9.98. The predicted molar refractivity (Wildman–Crippen MR) is 80.6 cm³/mol. The Morgan fingerprint density at radius 2 is 2.25 bits per heavy atom. The van der Waals surface area contributed by atoms with Gasteiger partial charge in [0.05, 0.1) is 11.6 Å². The van der Waals surface area contributed by atoms with Crippen LogP contribution in [0, 0.1) is 0 Å². The van der Waals surface area contributed by atoms with Gasteiger partial charge in [-0.2, -0.15) is 0 Å². The molecule has 0 radical (unpaired) electrons. The molecule has 4 heteroatoms. The molecular weight excluding hydrogens is 268 g/mol. The summed E-state index contributed by atoms with van der Waals surface area (Å²) in [4.78, 5) is 6.37. The van der Waals surface area contributed by atoms with Crippen molar-refractivity contribution < 1.29 is 4.74 Å². The molecule has 4 rings (SSSR count). The molecule has 1 aliphatic heterocycles. The van der Waals surface area contributed by atoms with Gasteiger partial charge in [-0.3, -0.25) is 0 Å². The zero-order valence-electron chi connectivity index (χ0n) is 11.6. The minimum Gasteiger partial charge on any atom is -0.492 e. The summed E-state index contributed by atoms with van der Waals surface area (Å²) in [6, 6.07) is 8.83. The zero-order chi connectivity index (χ0) is 13.5. The van der Waals surface area contributed by atoms with Gasteiger partial charge in [-0.25, -0.2) is 4.98 Å². The van der Waals surface area contributed by atoms with Gasteiger partial charge in [0.1, 0.15) is 17.4 Å². The second-order valence-corrected chi connectivity index (χ2v) is 6.56. The van der Waals surface area contributed by atoms with Crippen LogP contribution in [0.2, 0.25) is 0 Å². The molecule has 2 aromatic rings. The van der Waals surface area contributed by atoms with Gasteiger partial charge in [0.2, 0.25) is 0 Å². The number of nitrogens with one attached hydrogen (secondary N) is 1. The number of nitrogens with zero attached hydrogens (tertiary/aromatic N) is 1. The molecule has 0 saturated heterocycles. The number of hydrogen-bond acceptors (Lipinski definition) is 4. The second kappa shape index (κ2) is 4.86. The number of para-hydroxylation sites is 1. The number of aryl methyl sites for hydroxylation is 1. The van der Waals surface area contributed by atoms with Crippen LogP contribution in [0.3, 0.4) is 0 Å². The molecular formula is C16H18N2OS. The third-order valence-corrected chi connectivity index (χ3v) is 5.64. The molecule has 0 amide bonds. The Bertz CT molecular complexity index is 637. The summed E-state index contributed by atoms with van der Waals surface area (Å²) < 4.78 is 5.80. The van der Waals surface area contributed by atoms with E-state index in [1.165, 1.54) is 34.0 Å². The van der Waals surface area contributed by atoms with Crippen LogP contribution >= 0.6 is 11.3 Å². The summed E-state index contributed by atoms with van der Waals surface area (Å²) in [5.74, 6) is 1.34. The van der Waals surface area contributed by atoms with E-state index >= 15 is 0 Å². The lowest BCUT2D eigenvalue weighted by Gasteiger charge is -2.20. The molecule has 2 unspecified atom stereocenters. The van der Waals surface area contributed by atoms with Gasteiger partial charge < -0.3 is 10.1 Å². The molecule has 1 aromatic heterocycles. The van der Waals surface area contributed by atoms with Gasteiger partial charge >= 0.3 is 0 Å². The van der Waals surface area contributed by atoms with E-state index in [1.54, 1.807) is 0 Å². The quantitative estimate of drug-likeness (QED) is 0.920. The summed E-state index contributed by atoms with van der Waals surface area (Å²) in [6.07, 6.45) is 3.58. The molecule has 0 bridgehead atoms. The minimum atomic E-state index is 0.319. The van der Waals surface area contributed by atoms with Gasteiger partial charge in [-0.15, -0.1) is 11.3 Å². The van der Waals surface area contributed by atoms with Crippen molar-refractivity contribution in [1.29, 1.82) is 0 Å². The molecule has 104 valence electrons. The molecule has 1 N–H and O–H groups in total. The number of fused-ring (bicyclic) bond motifs is 2. The first-order valence-corrected chi connectivity index (χ1v) is 8.07. The van der Waals surface area contributed by atoms with Crippen molar-refractivity contribution in [2.75, 3.05) is 13.7 Å². The van der Waals surface area contributed by atoms with E-state index in [-0.39, 0.29) is 0 Å². The maximum Gasteiger partial charge on any atom is 0.123 e. The van der Waals surface area contributed by atoms with Crippen LogP contribution in [0.5, 0.6) is 5.75 Å². The fraction of sp³-hybridized carbons (Fsp3) is 0.438. The smallest absolute Gasteiger partial charge is 0.123 e. The van der Waals surface area contributed by atoms with E-state index in [2.05, 4.69) is 23.5 Å². The Hall–Kier alpha value is -1.39. The minimum absolute atomic E-state index is 0.319. The molecule has 3 nitrogen and oxygen atoms in total. The highest BCUT2D eigenvalue weighted by atomic mass is 32.1. The SMILES string of the molecule is CNC1CCCc2nc(C3COc4ccccc43)sc21. The van der Waals surface area contributed by atoms with Crippen LogP contribution in [0.1, 0.15) is 45.9 Å². The van der Waals surface area contributed by atoms with Crippen molar-refractivity contribution in [2.45, 2.75) is 31.2 Å². The highest BCUT2D eigenvalue weighted by Crippen LogP contribution is 2.42. The van der Waals surface area contributed by atoms with E-state index in [4.69, 9.17) is 9.72 Å². The Morgan fingerprint density at radius 1 is 1.35 bits per heavy atom. The normalized spacial score (nSPS) is 24.1. The Kier molecular flexibility index (Phi) is 3.00. The van der Waals surface area contributed by atoms with Crippen LogP contribution in [-0.2, 0) is 6.42 Å². The van der Waals surface area contributed by atoms with Crippen LogP contribution in [0.4, 0.5) is 0 Å². The molecule has 1 aliphatic carbocycles.